The molecule has 1 aromatic carbocycles. The van der Waals surface area contributed by atoms with Gasteiger partial charge in [-0.2, -0.15) is 0 Å². The molecule has 0 radical (unpaired) electrons. The molecule has 2 amide bonds. The summed E-state index contributed by atoms with van der Waals surface area (Å²) in [7, 11) is 0. The molecule has 8 nitrogen and oxygen atoms in total. The molecule has 2 fully saturated rings. The van der Waals surface area contributed by atoms with Gasteiger partial charge in [0.05, 0.1) is 11.9 Å². The number of benzene rings is 1. The van der Waals surface area contributed by atoms with Crippen LogP contribution in [0.5, 0.6) is 0 Å². The van der Waals surface area contributed by atoms with Gasteiger partial charge < -0.3 is 16.1 Å². The lowest BCUT2D eigenvalue weighted by atomic mass is 9.57. The van der Waals surface area contributed by atoms with Crippen molar-refractivity contribution in [3.05, 3.63) is 78.4 Å². The van der Waals surface area contributed by atoms with Gasteiger partial charge in [-0.25, -0.2) is 9.97 Å². The number of anilines is 1. The molecule has 1 aliphatic carbocycles. The Bertz CT molecular complexity index is 1250. The molecule has 3 aromatic rings. The SMILES string of the molecule is C=CC(=O)N1CC2(CC(c3nc(-c4ccc(C(=O)Nc5cc(CC)ccn5)cc4)cn3N)C2)C1. The van der Waals surface area contributed by atoms with Crippen LogP contribution in [0.1, 0.15) is 47.4 Å². The Labute approximate surface area is 198 Å². The second-order valence-electron chi connectivity index (χ2n) is 9.33. The predicted molar refractivity (Wildman–Crippen MR) is 131 cm³/mol. The van der Waals surface area contributed by atoms with Crippen LogP contribution in [-0.2, 0) is 11.2 Å². The van der Waals surface area contributed by atoms with Gasteiger partial charge in [0.1, 0.15) is 11.6 Å². The Hall–Kier alpha value is -3.94. The summed E-state index contributed by atoms with van der Waals surface area (Å²) in [4.78, 5) is 35.2. The van der Waals surface area contributed by atoms with Gasteiger partial charge in [-0.3, -0.25) is 14.3 Å². The molecule has 8 heteroatoms. The molecule has 0 atom stereocenters. The summed E-state index contributed by atoms with van der Waals surface area (Å²) < 4.78 is 1.60. The van der Waals surface area contributed by atoms with Crippen LogP contribution >= 0.6 is 0 Å². The molecular weight excluding hydrogens is 428 g/mol. The Morgan fingerprint density at radius 3 is 2.65 bits per heavy atom. The maximum Gasteiger partial charge on any atom is 0.256 e. The summed E-state index contributed by atoms with van der Waals surface area (Å²) in [6.45, 7) is 7.19. The summed E-state index contributed by atoms with van der Waals surface area (Å²) in [5.41, 5.74) is 3.54. The third-order valence-electron chi connectivity index (χ3n) is 6.94. The van der Waals surface area contributed by atoms with E-state index in [1.807, 2.05) is 35.4 Å². The number of carbonyl (C=O) groups excluding carboxylic acids is 2. The Kier molecular flexibility index (Phi) is 5.43. The van der Waals surface area contributed by atoms with Crippen molar-refractivity contribution in [1.29, 1.82) is 0 Å². The van der Waals surface area contributed by atoms with Crippen LogP contribution in [-0.4, -0.2) is 44.4 Å². The summed E-state index contributed by atoms with van der Waals surface area (Å²) in [6.07, 6.45) is 7.73. The number of imidazole rings is 1. The average molecular weight is 457 g/mol. The molecule has 5 rings (SSSR count). The molecule has 1 spiro atoms. The highest BCUT2D eigenvalue weighted by atomic mass is 16.2. The van der Waals surface area contributed by atoms with Crippen LogP contribution < -0.4 is 11.2 Å². The van der Waals surface area contributed by atoms with Crippen LogP contribution in [0, 0.1) is 5.41 Å². The second kappa shape index (κ2) is 8.44. The van der Waals surface area contributed by atoms with Crippen LogP contribution in [0.2, 0.25) is 0 Å². The molecular formula is C26H28N6O2. The summed E-state index contributed by atoms with van der Waals surface area (Å²) in [6, 6.07) is 11.1. The highest BCUT2D eigenvalue weighted by Crippen LogP contribution is 2.55. The molecule has 2 aromatic heterocycles. The zero-order chi connectivity index (χ0) is 23.9. The number of pyridine rings is 1. The maximum absolute atomic E-state index is 12.6. The number of aromatic nitrogens is 3. The van der Waals surface area contributed by atoms with E-state index in [1.165, 1.54) is 6.08 Å². The van der Waals surface area contributed by atoms with E-state index in [-0.39, 0.29) is 23.1 Å². The van der Waals surface area contributed by atoms with Gasteiger partial charge in [0, 0.05) is 41.7 Å². The van der Waals surface area contributed by atoms with E-state index in [2.05, 4.69) is 23.8 Å². The van der Waals surface area contributed by atoms with E-state index in [4.69, 9.17) is 10.8 Å². The number of nitrogens with one attached hydrogen (secondary N) is 1. The van der Waals surface area contributed by atoms with Gasteiger partial charge in [0.2, 0.25) is 5.91 Å². The van der Waals surface area contributed by atoms with Crippen molar-refractivity contribution in [3.8, 4) is 11.3 Å². The summed E-state index contributed by atoms with van der Waals surface area (Å²) >= 11 is 0. The second-order valence-corrected chi connectivity index (χ2v) is 9.33. The van der Waals surface area contributed by atoms with Gasteiger partial charge in [0.25, 0.3) is 5.91 Å². The number of hydrogen-bond acceptors (Lipinski definition) is 5. The van der Waals surface area contributed by atoms with Crippen LogP contribution in [0.4, 0.5) is 5.82 Å². The third kappa shape index (κ3) is 3.96. The van der Waals surface area contributed by atoms with Crippen molar-refractivity contribution < 1.29 is 9.59 Å². The zero-order valence-corrected chi connectivity index (χ0v) is 19.2. The summed E-state index contributed by atoms with van der Waals surface area (Å²) in [5, 5.41) is 2.85. The smallest absolute Gasteiger partial charge is 0.256 e. The Balaban J connectivity index is 1.22. The van der Waals surface area contributed by atoms with E-state index in [0.717, 1.165) is 55.0 Å². The first-order chi connectivity index (χ1) is 16.4. The first-order valence-corrected chi connectivity index (χ1v) is 11.5. The van der Waals surface area contributed by atoms with Crippen LogP contribution in [0.25, 0.3) is 11.3 Å². The summed E-state index contributed by atoms with van der Waals surface area (Å²) in [5.74, 6) is 7.71. The van der Waals surface area contributed by atoms with Crippen LogP contribution in [0.3, 0.4) is 0 Å². The lowest BCUT2D eigenvalue weighted by Gasteiger charge is -2.58. The van der Waals surface area contributed by atoms with E-state index in [9.17, 15) is 9.59 Å². The van der Waals surface area contributed by atoms with E-state index in [1.54, 1.807) is 23.0 Å². The van der Waals surface area contributed by atoms with E-state index < -0.39 is 0 Å². The van der Waals surface area contributed by atoms with Gasteiger partial charge in [-0.15, -0.1) is 0 Å². The molecule has 1 aliphatic heterocycles. The number of amides is 2. The minimum atomic E-state index is -0.207. The minimum Gasteiger partial charge on any atom is -0.338 e. The topological polar surface area (TPSA) is 106 Å². The fourth-order valence-corrected chi connectivity index (χ4v) is 5.07. The van der Waals surface area contributed by atoms with Crippen LogP contribution in [0.15, 0.2) is 61.4 Å². The highest BCUT2D eigenvalue weighted by molar-refractivity contribution is 6.04. The first-order valence-electron chi connectivity index (χ1n) is 11.5. The highest BCUT2D eigenvalue weighted by Gasteiger charge is 2.54. The molecule has 1 saturated carbocycles. The number of rotatable bonds is 6. The molecule has 0 unspecified atom stereocenters. The molecule has 34 heavy (non-hydrogen) atoms. The monoisotopic (exact) mass is 456 g/mol. The quantitative estimate of drug-likeness (QED) is 0.437. The molecule has 0 bridgehead atoms. The van der Waals surface area contributed by atoms with Crippen molar-refractivity contribution in [2.45, 2.75) is 32.1 Å². The molecule has 3 N–H and O–H groups in total. The lowest BCUT2D eigenvalue weighted by Crippen LogP contribution is -2.63. The lowest BCUT2D eigenvalue weighted by molar-refractivity contribution is -0.146. The number of nitrogens with zero attached hydrogens (tertiary/aromatic N) is 4. The fourth-order valence-electron chi connectivity index (χ4n) is 5.07. The zero-order valence-electron chi connectivity index (χ0n) is 19.2. The van der Waals surface area contributed by atoms with E-state index in [0.29, 0.717) is 11.4 Å². The standard InChI is InChI=1S/C26H28N6O2/c1-3-17-9-10-28-22(11-17)30-25(34)19-7-5-18(6-8-19)21-14-32(27)24(29-21)20-12-26(13-20)15-31(16-26)23(33)4-2/h4-11,14,20H,2-3,12-13,15-16,27H2,1H3,(H,28,30,34). The van der Waals surface area contributed by atoms with Gasteiger partial charge in [-0.1, -0.05) is 25.6 Å². The largest absolute Gasteiger partial charge is 0.338 e. The van der Waals surface area contributed by atoms with Gasteiger partial charge >= 0.3 is 0 Å². The number of likely N-dealkylation sites (tertiary alicyclic amines) is 1. The Morgan fingerprint density at radius 1 is 1.24 bits per heavy atom. The average Bonchev–Trinajstić information content (AvgIpc) is 3.18. The normalized spacial score (nSPS) is 16.6. The van der Waals surface area contributed by atoms with Crippen molar-refractivity contribution in [1.82, 2.24) is 19.5 Å². The van der Waals surface area contributed by atoms with Crippen molar-refractivity contribution in [2.75, 3.05) is 24.2 Å². The molecule has 174 valence electrons. The number of nitrogens with two attached hydrogens (primary N) is 1. The van der Waals surface area contributed by atoms with Crippen molar-refractivity contribution in [2.24, 2.45) is 5.41 Å². The maximum atomic E-state index is 12.6. The van der Waals surface area contributed by atoms with Gasteiger partial charge in [-0.05, 0) is 55.2 Å². The minimum absolute atomic E-state index is 0.000411. The molecule has 2 aliphatic rings. The fraction of sp³-hybridized carbons (Fsp3) is 0.308. The Morgan fingerprint density at radius 2 is 1.97 bits per heavy atom. The number of nitrogen functional groups attached to an aromatic ring is 1. The number of carbonyl (C=O) groups is 2. The van der Waals surface area contributed by atoms with E-state index >= 15 is 0 Å². The molecule has 1 saturated heterocycles. The van der Waals surface area contributed by atoms with Crippen molar-refractivity contribution in [3.63, 3.8) is 0 Å². The van der Waals surface area contributed by atoms with Gasteiger partial charge in [0.15, 0.2) is 0 Å². The third-order valence-corrected chi connectivity index (χ3v) is 6.94. The first kappa shape index (κ1) is 21.9. The molecule has 3 heterocycles. The predicted octanol–water partition coefficient (Wildman–Crippen LogP) is 3.37. The number of aryl methyl sites for hydroxylation is 1. The van der Waals surface area contributed by atoms with Crippen molar-refractivity contribution >= 4 is 17.6 Å². The number of hydrogen-bond donors (Lipinski definition) is 2.